The number of aliphatic hydroxyl groups excluding tert-OH is 2. The Morgan fingerprint density at radius 3 is 2.74 bits per heavy atom. The number of hydrogen-bond donors (Lipinski definition) is 2. The van der Waals surface area contributed by atoms with E-state index < -0.39 is 12.2 Å². The lowest BCUT2D eigenvalue weighted by molar-refractivity contribution is -0.147. The van der Waals surface area contributed by atoms with Gasteiger partial charge in [-0.25, -0.2) is 4.39 Å². The van der Waals surface area contributed by atoms with E-state index in [1.54, 1.807) is 12.2 Å². The summed E-state index contributed by atoms with van der Waals surface area (Å²) in [6, 6.07) is 5.58. The largest absolute Gasteiger partial charge is 0.491 e. The zero-order chi connectivity index (χ0) is 22.6. The summed E-state index contributed by atoms with van der Waals surface area (Å²) in [5.74, 6) is -0.167. The van der Waals surface area contributed by atoms with Crippen molar-refractivity contribution in [1.82, 2.24) is 0 Å². The van der Waals surface area contributed by atoms with Crippen LogP contribution in [0.5, 0.6) is 5.75 Å². The van der Waals surface area contributed by atoms with Crippen LogP contribution >= 0.6 is 0 Å². The van der Waals surface area contributed by atoms with Crippen molar-refractivity contribution in [2.24, 2.45) is 5.92 Å². The van der Waals surface area contributed by atoms with Crippen LogP contribution in [0.2, 0.25) is 0 Å². The maximum absolute atomic E-state index is 12.9. The Balaban J connectivity index is 1.71. The molecule has 0 spiro atoms. The average molecular weight is 437 g/mol. The van der Waals surface area contributed by atoms with Crippen LogP contribution in [0.4, 0.5) is 4.39 Å². The van der Waals surface area contributed by atoms with E-state index in [0.717, 1.165) is 12.8 Å². The molecule has 1 heterocycles. The van der Waals surface area contributed by atoms with Gasteiger partial charge in [-0.15, -0.1) is 0 Å². The Kier molecular flexibility index (Phi) is 10.7. The van der Waals surface area contributed by atoms with Crippen LogP contribution < -0.4 is 4.74 Å². The van der Waals surface area contributed by atoms with E-state index in [1.165, 1.54) is 24.3 Å². The number of unbranched alkanes of at least 4 members (excludes halogenated alkanes) is 1. The van der Waals surface area contributed by atoms with Gasteiger partial charge in [0.2, 0.25) is 0 Å². The van der Waals surface area contributed by atoms with Crippen LogP contribution in [0.15, 0.2) is 48.6 Å². The fourth-order valence-electron chi connectivity index (χ4n) is 3.23. The lowest BCUT2D eigenvalue weighted by atomic mass is 9.94. The molecule has 2 N–H and O–H groups in total. The minimum Gasteiger partial charge on any atom is -0.491 e. The fraction of sp³-hybridized carbons (Fsp3) is 0.542. The number of halogens is 1. The number of rotatable bonds is 12. The van der Waals surface area contributed by atoms with Crippen molar-refractivity contribution >= 4 is 5.97 Å². The van der Waals surface area contributed by atoms with E-state index in [-0.39, 0.29) is 43.1 Å². The molecule has 0 saturated carbocycles. The molecular formula is C24H33FO6. The number of esters is 1. The number of allylic oxidation sites excluding steroid dienone is 2. The molecule has 4 atom stereocenters. The molecule has 2 rings (SSSR count). The summed E-state index contributed by atoms with van der Waals surface area (Å²) < 4.78 is 29.0. The van der Waals surface area contributed by atoms with Crippen molar-refractivity contribution in [2.75, 3.05) is 13.2 Å². The number of aliphatic hydroxyl groups is 2. The van der Waals surface area contributed by atoms with Gasteiger partial charge in [0, 0.05) is 12.3 Å². The molecule has 1 fully saturated rings. The van der Waals surface area contributed by atoms with E-state index in [4.69, 9.17) is 14.2 Å². The van der Waals surface area contributed by atoms with Crippen molar-refractivity contribution < 1.29 is 33.6 Å². The molecule has 1 aliphatic heterocycles. The predicted octanol–water partition coefficient (Wildman–Crippen LogP) is 3.57. The molecule has 0 unspecified atom stereocenters. The topological polar surface area (TPSA) is 85.2 Å². The van der Waals surface area contributed by atoms with Gasteiger partial charge >= 0.3 is 5.97 Å². The molecule has 1 aliphatic rings. The Bertz CT molecular complexity index is 715. The van der Waals surface area contributed by atoms with Gasteiger partial charge in [0.05, 0.1) is 24.9 Å². The Morgan fingerprint density at radius 1 is 1.29 bits per heavy atom. The van der Waals surface area contributed by atoms with E-state index in [1.807, 2.05) is 26.0 Å². The lowest BCUT2D eigenvalue weighted by Gasteiger charge is -2.16. The minimum atomic E-state index is -0.854. The lowest BCUT2D eigenvalue weighted by Crippen LogP contribution is -2.23. The van der Waals surface area contributed by atoms with Crippen molar-refractivity contribution in [3.05, 3.63) is 54.4 Å². The Hall–Kier alpha value is -2.22. The highest BCUT2D eigenvalue weighted by atomic mass is 19.1. The summed E-state index contributed by atoms with van der Waals surface area (Å²) in [5.41, 5.74) is 0. The second kappa shape index (κ2) is 13.2. The van der Waals surface area contributed by atoms with Crippen LogP contribution in [0.3, 0.4) is 0 Å². The molecule has 31 heavy (non-hydrogen) atoms. The molecule has 6 nitrogen and oxygen atoms in total. The van der Waals surface area contributed by atoms with Crippen LogP contribution in [-0.2, 0) is 14.3 Å². The van der Waals surface area contributed by atoms with Crippen LogP contribution in [0.25, 0.3) is 0 Å². The fourth-order valence-corrected chi connectivity index (χ4v) is 3.23. The smallest absolute Gasteiger partial charge is 0.306 e. The number of benzene rings is 1. The first kappa shape index (κ1) is 25.0. The molecule has 0 radical (unpaired) electrons. The van der Waals surface area contributed by atoms with Crippen LogP contribution in [-0.4, -0.2) is 53.8 Å². The van der Waals surface area contributed by atoms with Gasteiger partial charge in [0.25, 0.3) is 0 Å². The minimum absolute atomic E-state index is 0.0290. The van der Waals surface area contributed by atoms with Crippen molar-refractivity contribution in [1.29, 1.82) is 0 Å². The maximum Gasteiger partial charge on any atom is 0.306 e. The first-order valence-electron chi connectivity index (χ1n) is 10.7. The predicted molar refractivity (Wildman–Crippen MR) is 115 cm³/mol. The van der Waals surface area contributed by atoms with Gasteiger partial charge in [0.15, 0.2) is 0 Å². The highest BCUT2D eigenvalue weighted by molar-refractivity contribution is 5.69. The SMILES string of the molecule is CC(C)OC(=O)CCCC=CC[C@H]1[C@@H](O)CO[C@@H]1C=C[C@H](O)COc1ccc(F)cc1. The first-order chi connectivity index (χ1) is 14.8. The van der Waals surface area contributed by atoms with Gasteiger partial charge in [-0.1, -0.05) is 24.3 Å². The van der Waals surface area contributed by atoms with Crippen molar-refractivity contribution in [3.8, 4) is 5.75 Å². The highest BCUT2D eigenvalue weighted by Gasteiger charge is 2.33. The van der Waals surface area contributed by atoms with E-state index >= 15 is 0 Å². The van der Waals surface area contributed by atoms with Crippen LogP contribution in [0.1, 0.15) is 39.5 Å². The van der Waals surface area contributed by atoms with E-state index in [9.17, 15) is 19.4 Å². The van der Waals surface area contributed by atoms with Crippen molar-refractivity contribution in [3.63, 3.8) is 0 Å². The van der Waals surface area contributed by atoms with Gasteiger partial charge in [0.1, 0.15) is 24.3 Å². The summed E-state index contributed by atoms with van der Waals surface area (Å²) in [6.07, 6.45) is 8.00. The first-order valence-corrected chi connectivity index (χ1v) is 10.7. The second-order valence-electron chi connectivity index (χ2n) is 7.88. The summed E-state index contributed by atoms with van der Waals surface area (Å²) in [4.78, 5) is 11.5. The molecule has 1 saturated heterocycles. The molecule has 7 heteroatoms. The molecule has 0 aromatic heterocycles. The molecule has 0 aliphatic carbocycles. The third-order valence-corrected chi connectivity index (χ3v) is 4.83. The standard InChI is InChI=1S/C24H33FO6/c1-17(2)31-24(28)8-6-4-3-5-7-21-22(27)16-30-23(21)14-11-19(26)15-29-20-12-9-18(25)10-13-20/h3,5,9-14,17,19,21-23,26-27H,4,6-8,15-16H2,1-2H3/t19-,21-,22-,23+/m0/s1. The number of ether oxygens (including phenoxy) is 3. The number of carbonyl (C=O) groups is 1. The average Bonchev–Trinajstić information content (AvgIpc) is 3.07. The van der Waals surface area contributed by atoms with Crippen molar-refractivity contribution in [2.45, 2.75) is 63.9 Å². The maximum atomic E-state index is 12.9. The highest BCUT2D eigenvalue weighted by Crippen LogP contribution is 2.26. The molecule has 172 valence electrons. The van der Waals surface area contributed by atoms with E-state index in [0.29, 0.717) is 18.6 Å². The van der Waals surface area contributed by atoms with Gasteiger partial charge < -0.3 is 24.4 Å². The zero-order valence-electron chi connectivity index (χ0n) is 18.2. The zero-order valence-corrected chi connectivity index (χ0v) is 18.2. The molecular weight excluding hydrogens is 403 g/mol. The number of carbonyl (C=O) groups excluding carboxylic acids is 1. The summed E-state index contributed by atoms with van der Waals surface area (Å²) in [5, 5.41) is 20.3. The summed E-state index contributed by atoms with van der Waals surface area (Å²) in [7, 11) is 0. The summed E-state index contributed by atoms with van der Waals surface area (Å²) in [6.45, 7) is 3.93. The third-order valence-electron chi connectivity index (χ3n) is 4.83. The van der Waals surface area contributed by atoms with E-state index in [2.05, 4.69) is 0 Å². The molecule has 1 aromatic carbocycles. The Labute approximate surface area is 183 Å². The van der Waals surface area contributed by atoms with Gasteiger partial charge in [-0.2, -0.15) is 0 Å². The van der Waals surface area contributed by atoms with Crippen LogP contribution in [0, 0.1) is 11.7 Å². The molecule has 0 amide bonds. The normalized spacial score (nSPS) is 22.5. The van der Waals surface area contributed by atoms with Gasteiger partial charge in [-0.3, -0.25) is 4.79 Å². The Morgan fingerprint density at radius 2 is 2.03 bits per heavy atom. The molecule has 1 aromatic rings. The third kappa shape index (κ3) is 9.63. The van der Waals surface area contributed by atoms with Gasteiger partial charge in [-0.05, 0) is 57.4 Å². The molecule has 0 bridgehead atoms. The monoisotopic (exact) mass is 436 g/mol. The quantitative estimate of drug-likeness (QED) is 0.296. The summed E-state index contributed by atoms with van der Waals surface area (Å²) >= 11 is 0. The number of hydrogen-bond acceptors (Lipinski definition) is 6. The second-order valence-corrected chi connectivity index (χ2v) is 7.88.